The van der Waals surface area contributed by atoms with E-state index in [4.69, 9.17) is 5.73 Å². The molecule has 3 N–H and O–H groups in total. The van der Waals surface area contributed by atoms with Gasteiger partial charge in [0.05, 0.1) is 12.3 Å². The third-order valence-electron chi connectivity index (χ3n) is 7.45. The second kappa shape index (κ2) is 12.6. The first kappa shape index (κ1) is 29.9. The molecule has 3 atom stereocenters. The second-order valence-corrected chi connectivity index (χ2v) is 12.3. The Morgan fingerprint density at radius 2 is 1.60 bits per heavy atom. The Morgan fingerprint density at radius 1 is 1.00 bits per heavy atom. The number of hydrogen-bond acceptors (Lipinski definition) is 5. The van der Waals surface area contributed by atoms with Crippen LogP contribution in [0.15, 0.2) is 66.7 Å². The van der Waals surface area contributed by atoms with Crippen LogP contribution in [0.5, 0.6) is 0 Å². The van der Waals surface area contributed by atoms with E-state index in [0.717, 1.165) is 0 Å². The first-order valence-corrected chi connectivity index (χ1v) is 15.0. The first-order chi connectivity index (χ1) is 19.0. The number of ketones is 1. The van der Waals surface area contributed by atoms with E-state index in [1.54, 1.807) is 18.2 Å². The summed E-state index contributed by atoms with van der Waals surface area (Å²) in [5, 5.41) is 3.23. The lowest BCUT2D eigenvalue weighted by Crippen LogP contribution is -2.58. The number of carbonyl (C=O) groups is 1. The van der Waals surface area contributed by atoms with Gasteiger partial charge in [-0.1, -0.05) is 36.4 Å². The molecule has 1 saturated heterocycles. The maximum atomic E-state index is 15.1. The number of piperazine rings is 1. The van der Waals surface area contributed by atoms with E-state index in [1.165, 1.54) is 59.1 Å². The maximum Gasteiger partial charge on any atom is 0.211 e. The van der Waals surface area contributed by atoms with Crippen LogP contribution in [0.3, 0.4) is 0 Å². The Morgan fingerprint density at radius 3 is 2.17 bits per heavy atom. The van der Waals surface area contributed by atoms with E-state index in [9.17, 15) is 22.0 Å². The van der Waals surface area contributed by atoms with Crippen LogP contribution in [0.1, 0.15) is 41.5 Å². The number of nitrogens with two attached hydrogens (primary N) is 1. The van der Waals surface area contributed by atoms with E-state index < -0.39 is 45.2 Å². The predicted molar refractivity (Wildman–Crippen MR) is 149 cm³/mol. The summed E-state index contributed by atoms with van der Waals surface area (Å²) < 4.78 is 69.6. The minimum absolute atomic E-state index is 0.190. The lowest BCUT2D eigenvalue weighted by molar-refractivity contribution is -0.119. The van der Waals surface area contributed by atoms with Gasteiger partial charge in [-0.05, 0) is 72.4 Å². The average molecular weight is 574 g/mol. The topological polar surface area (TPSA) is 92.5 Å². The van der Waals surface area contributed by atoms with Gasteiger partial charge in [-0.3, -0.25) is 4.79 Å². The lowest BCUT2D eigenvalue weighted by atomic mass is 9.82. The van der Waals surface area contributed by atoms with Crippen LogP contribution in [0.2, 0.25) is 0 Å². The molecule has 4 rings (SSSR count). The number of nitrogens with one attached hydrogen (secondary N) is 1. The molecule has 6 nitrogen and oxygen atoms in total. The standard InChI is InChI=1S/C30H34F3N3O3S/c1-19-17-35-18-25(36(19)40(2,38)39)12-13-26-20(6-5-11-27(26)33)16-28(37)30(34)29(21-7-3-9-23(31)14-21)22-8-4-10-24(32)15-22/h3-11,14-15,19,25,29-30,35H,12-13,16-18,34H2,1-2H3/t19-,25-,30+/m0/s1. The fourth-order valence-corrected chi connectivity index (χ4v) is 7.13. The molecule has 0 saturated carbocycles. The van der Waals surface area contributed by atoms with E-state index >= 15 is 4.39 Å². The number of hydrogen-bond donors (Lipinski definition) is 2. The molecular formula is C30H34F3N3O3S. The van der Waals surface area contributed by atoms with Crippen molar-refractivity contribution in [1.82, 2.24) is 9.62 Å². The van der Waals surface area contributed by atoms with Gasteiger partial charge in [0.2, 0.25) is 10.0 Å². The van der Waals surface area contributed by atoms with Crippen molar-refractivity contribution in [3.05, 3.63) is 106 Å². The quantitative estimate of drug-likeness (QED) is 0.384. The second-order valence-electron chi connectivity index (χ2n) is 10.4. The molecule has 0 amide bonds. The summed E-state index contributed by atoms with van der Waals surface area (Å²) >= 11 is 0. The molecule has 1 heterocycles. The van der Waals surface area contributed by atoms with Crippen molar-refractivity contribution in [2.75, 3.05) is 19.3 Å². The smallest absolute Gasteiger partial charge is 0.211 e. The summed E-state index contributed by atoms with van der Waals surface area (Å²) in [7, 11) is -3.47. The van der Waals surface area contributed by atoms with Crippen LogP contribution in [0.25, 0.3) is 0 Å². The normalized spacial score (nSPS) is 19.1. The highest BCUT2D eigenvalue weighted by Gasteiger charge is 2.34. The molecular weight excluding hydrogens is 539 g/mol. The minimum Gasteiger partial charge on any atom is -0.321 e. The molecule has 0 aromatic heterocycles. The molecule has 214 valence electrons. The van der Waals surface area contributed by atoms with Gasteiger partial charge in [-0.15, -0.1) is 0 Å². The van der Waals surface area contributed by atoms with Gasteiger partial charge in [0.25, 0.3) is 0 Å². The molecule has 0 aliphatic carbocycles. The van der Waals surface area contributed by atoms with Gasteiger partial charge in [0, 0.05) is 37.5 Å². The number of benzene rings is 3. The molecule has 0 radical (unpaired) electrons. The summed E-state index contributed by atoms with van der Waals surface area (Å²) in [4.78, 5) is 13.5. The number of carbonyl (C=O) groups excluding carboxylic acids is 1. The Balaban J connectivity index is 1.58. The number of nitrogens with zero attached hydrogens (tertiary/aromatic N) is 1. The van der Waals surface area contributed by atoms with Crippen LogP contribution < -0.4 is 11.1 Å². The zero-order chi connectivity index (χ0) is 29.0. The molecule has 0 spiro atoms. The first-order valence-electron chi connectivity index (χ1n) is 13.2. The van der Waals surface area contributed by atoms with Gasteiger partial charge in [-0.25, -0.2) is 21.6 Å². The highest BCUT2D eigenvalue weighted by molar-refractivity contribution is 7.88. The monoisotopic (exact) mass is 573 g/mol. The summed E-state index contributed by atoms with van der Waals surface area (Å²) in [6, 6.07) is 14.0. The fourth-order valence-electron chi connectivity index (χ4n) is 5.68. The molecule has 40 heavy (non-hydrogen) atoms. The van der Waals surface area contributed by atoms with Gasteiger partial charge in [0.15, 0.2) is 5.78 Å². The zero-order valence-electron chi connectivity index (χ0n) is 22.5. The molecule has 0 bridgehead atoms. The molecule has 3 aromatic rings. The van der Waals surface area contributed by atoms with Crippen molar-refractivity contribution in [2.45, 2.75) is 50.2 Å². The van der Waals surface area contributed by atoms with Crippen molar-refractivity contribution in [3.8, 4) is 0 Å². The Kier molecular flexibility index (Phi) is 9.45. The number of rotatable bonds is 10. The zero-order valence-corrected chi connectivity index (χ0v) is 23.3. The lowest BCUT2D eigenvalue weighted by Gasteiger charge is -2.39. The van der Waals surface area contributed by atoms with Crippen LogP contribution >= 0.6 is 0 Å². The third kappa shape index (κ3) is 6.98. The molecule has 1 fully saturated rings. The summed E-state index contributed by atoms with van der Waals surface area (Å²) in [6.45, 7) is 2.79. The summed E-state index contributed by atoms with van der Waals surface area (Å²) in [5.74, 6) is -2.76. The van der Waals surface area contributed by atoms with Crippen LogP contribution in [0, 0.1) is 17.5 Å². The molecule has 0 unspecified atom stereocenters. The van der Waals surface area contributed by atoms with E-state index in [1.807, 2.05) is 6.92 Å². The van der Waals surface area contributed by atoms with Crippen molar-refractivity contribution in [3.63, 3.8) is 0 Å². The maximum absolute atomic E-state index is 15.1. The van der Waals surface area contributed by atoms with E-state index in [2.05, 4.69) is 5.32 Å². The number of sulfonamides is 1. The SMILES string of the molecule is C[C@H]1CNC[C@H](CCc2c(F)cccc2CC(=O)[C@@H](N)C(c2cccc(F)c2)c2cccc(F)c2)N1S(C)(=O)=O. The van der Waals surface area contributed by atoms with Gasteiger partial charge in [-0.2, -0.15) is 4.31 Å². The number of Topliss-reactive ketones (excluding diaryl/α,β-unsaturated/α-hetero) is 1. The number of halogens is 3. The van der Waals surface area contributed by atoms with Crippen LogP contribution in [-0.2, 0) is 27.7 Å². The molecule has 1 aliphatic rings. The molecule has 3 aromatic carbocycles. The third-order valence-corrected chi connectivity index (χ3v) is 8.88. The van der Waals surface area contributed by atoms with Crippen LogP contribution in [-0.4, -0.2) is 56.0 Å². The van der Waals surface area contributed by atoms with Crippen molar-refractivity contribution in [1.29, 1.82) is 0 Å². The van der Waals surface area contributed by atoms with Gasteiger partial charge >= 0.3 is 0 Å². The average Bonchev–Trinajstić information content (AvgIpc) is 2.88. The Bertz CT molecular complexity index is 1420. The van der Waals surface area contributed by atoms with E-state index in [0.29, 0.717) is 41.8 Å². The highest BCUT2D eigenvalue weighted by Crippen LogP contribution is 2.30. The van der Waals surface area contributed by atoms with Gasteiger partial charge < -0.3 is 11.1 Å². The van der Waals surface area contributed by atoms with Crippen molar-refractivity contribution in [2.24, 2.45) is 5.73 Å². The Hall–Kier alpha value is -3.05. The largest absolute Gasteiger partial charge is 0.321 e. The van der Waals surface area contributed by atoms with Crippen molar-refractivity contribution >= 4 is 15.8 Å². The Labute approximate surface area is 233 Å². The highest BCUT2D eigenvalue weighted by atomic mass is 32.2. The van der Waals surface area contributed by atoms with Gasteiger partial charge in [0.1, 0.15) is 17.5 Å². The summed E-state index contributed by atoms with van der Waals surface area (Å²) in [6.07, 6.45) is 1.55. The van der Waals surface area contributed by atoms with Crippen LogP contribution in [0.4, 0.5) is 13.2 Å². The molecule has 10 heteroatoms. The van der Waals surface area contributed by atoms with Crippen molar-refractivity contribution < 1.29 is 26.4 Å². The fraction of sp³-hybridized carbons (Fsp3) is 0.367. The minimum atomic E-state index is -3.47. The molecule has 1 aliphatic heterocycles. The predicted octanol–water partition coefficient (Wildman–Crippen LogP) is 3.93. The van der Waals surface area contributed by atoms with E-state index in [-0.39, 0.29) is 24.9 Å². The summed E-state index contributed by atoms with van der Waals surface area (Å²) in [5.41, 5.74) is 8.07.